The molecule has 0 aliphatic carbocycles. The van der Waals surface area contributed by atoms with Crippen LogP contribution in [0.1, 0.15) is 37.3 Å². The van der Waals surface area contributed by atoms with E-state index in [1.807, 2.05) is 6.20 Å². The molecule has 184 valence electrons. The van der Waals surface area contributed by atoms with Gasteiger partial charge in [-0.3, -0.25) is 9.59 Å². The van der Waals surface area contributed by atoms with Crippen LogP contribution >= 0.6 is 12.4 Å². The minimum atomic E-state index is -0.260. The van der Waals surface area contributed by atoms with Crippen molar-refractivity contribution in [3.8, 4) is 0 Å². The van der Waals surface area contributed by atoms with Crippen LogP contribution in [-0.2, 0) is 11.2 Å². The summed E-state index contributed by atoms with van der Waals surface area (Å²) in [5.41, 5.74) is 2.74. The molecule has 1 atom stereocenters. The lowest BCUT2D eigenvalue weighted by atomic mass is 10.0. The fourth-order valence-corrected chi connectivity index (χ4v) is 5.42. The van der Waals surface area contributed by atoms with Crippen LogP contribution < -0.4 is 16.2 Å². The molecule has 0 bridgehead atoms. The zero-order valence-electron chi connectivity index (χ0n) is 19.2. The number of halogens is 2. The van der Waals surface area contributed by atoms with E-state index in [1.54, 1.807) is 10.6 Å². The maximum absolute atomic E-state index is 14.4. The van der Waals surface area contributed by atoms with E-state index in [4.69, 9.17) is 0 Å². The summed E-state index contributed by atoms with van der Waals surface area (Å²) in [5, 5.41) is 6.74. The van der Waals surface area contributed by atoms with Crippen molar-refractivity contribution in [2.75, 3.05) is 26.2 Å². The number of aliphatic imine (C=N–C) groups is 2. The van der Waals surface area contributed by atoms with E-state index in [0.29, 0.717) is 54.3 Å². The molecule has 4 aliphatic rings. The molecule has 0 spiro atoms. The second kappa shape index (κ2) is 9.60. The van der Waals surface area contributed by atoms with Crippen LogP contribution in [-0.4, -0.2) is 64.3 Å². The van der Waals surface area contributed by atoms with Gasteiger partial charge in [-0.05, 0) is 50.9 Å². The first kappa shape index (κ1) is 23.8. The highest BCUT2D eigenvalue weighted by molar-refractivity contribution is 6.16. The van der Waals surface area contributed by atoms with Gasteiger partial charge in [-0.1, -0.05) is 0 Å². The number of fused-ring (bicyclic) bond motifs is 1. The van der Waals surface area contributed by atoms with Crippen molar-refractivity contribution in [3.05, 3.63) is 51.8 Å². The van der Waals surface area contributed by atoms with Crippen LogP contribution in [0.2, 0.25) is 0 Å². The van der Waals surface area contributed by atoms with Gasteiger partial charge in [0.2, 0.25) is 5.91 Å². The molecule has 4 aliphatic heterocycles. The zero-order valence-corrected chi connectivity index (χ0v) is 20.0. The molecule has 35 heavy (non-hydrogen) atoms. The van der Waals surface area contributed by atoms with Gasteiger partial charge in [0.05, 0.1) is 29.8 Å². The number of hydrogen-bond donors (Lipinski definition) is 2. The number of nitrogens with zero attached hydrogens (tertiary/aromatic N) is 5. The molecule has 1 amide bonds. The highest BCUT2D eigenvalue weighted by Crippen LogP contribution is 2.32. The Hall–Kier alpha value is -2.95. The van der Waals surface area contributed by atoms with Crippen LogP contribution in [0.4, 0.5) is 4.39 Å². The van der Waals surface area contributed by atoms with E-state index in [-0.39, 0.29) is 35.7 Å². The van der Waals surface area contributed by atoms with E-state index in [9.17, 15) is 14.0 Å². The smallest absolute Gasteiger partial charge is 0.269 e. The van der Waals surface area contributed by atoms with Crippen LogP contribution in [0.5, 0.6) is 0 Å². The fraction of sp³-hybridized carbons (Fsp3) is 0.458. The van der Waals surface area contributed by atoms with Crippen LogP contribution in [0.3, 0.4) is 0 Å². The Labute approximate surface area is 207 Å². The van der Waals surface area contributed by atoms with Gasteiger partial charge in [-0.25, -0.2) is 14.4 Å². The predicted octanol–water partition coefficient (Wildman–Crippen LogP) is 1.71. The monoisotopic (exact) mass is 499 g/mol. The Morgan fingerprint density at radius 3 is 2.83 bits per heavy atom. The molecular weight excluding hydrogens is 473 g/mol. The van der Waals surface area contributed by atoms with E-state index >= 15 is 0 Å². The first-order valence-electron chi connectivity index (χ1n) is 11.8. The molecule has 1 fully saturated rings. The Morgan fingerprint density at radius 1 is 1.17 bits per heavy atom. The number of rotatable bonds is 5. The lowest BCUT2D eigenvalue weighted by Crippen LogP contribution is -2.48. The molecule has 9 nitrogen and oxygen atoms in total. The Morgan fingerprint density at radius 2 is 2.00 bits per heavy atom. The number of piperidine rings is 1. The average Bonchev–Trinajstić information content (AvgIpc) is 3.23. The second-order valence-electron chi connectivity index (χ2n) is 9.38. The van der Waals surface area contributed by atoms with Gasteiger partial charge < -0.3 is 20.1 Å². The number of benzene rings is 1. The van der Waals surface area contributed by atoms with Crippen molar-refractivity contribution in [2.24, 2.45) is 9.98 Å². The number of hydrogen-bond acceptors (Lipinski definition) is 7. The van der Waals surface area contributed by atoms with Gasteiger partial charge in [0.1, 0.15) is 17.5 Å². The molecule has 1 aromatic carbocycles. The summed E-state index contributed by atoms with van der Waals surface area (Å²) in [6.07, 6.45) is 6.75. The molecule has 2 N–H and O–H groups in total. The van der Waals surface area contributed by atoms with Crippen molar-refractivity contribution in [3.63, 3.8) is 0 Å². The van der Waals surface area contributed by atoms with E-state index in [2.05, 4.69) is 30.5 Å². The summed E-state index contributed by atoms with van der Waals surface area (Å²) < 4.78 is 16.2. The maximum atomic E-state index is 14.4. The topological polar surface area (TPSA) is 104 Å². The van der Waals surface area contributed by atoms with E-state index in [0.717, 1.165) is 43.9 Å². The molecule has 0 saturated carbocycles. The third kappa shape index (κ3) is 4.53. The third-order valence-corrected chi connectivity index (χ3v) is 7.20. The number of aromatic nitrogens is 2. The maximum Gasteiger partial charge on any atom is 0.269 e. The van der Waals surface area contributed by atoms with Gasteiger partial charge in [-0.15, -0.1) is 12.4 Å². The van der Waals surface area contributed by atoms with Gasteiger partial charge >= 0.3 is 0 Å². The average molecular weight is 500 g/mol. The summed E-state index contributed by atoms with van der Waals surface area (Å²) in [6, 6.07) is 3.37. The highest BCUT2D eigenvalue weighted by Gasteiger charge is 2.31. The van der Waals surface area contributed by atoms with Crippen molar-refractivity contribution in [1.82, 2.24) is 25.1 Å². The summed E-state index contributed by atoms with van der Waals surface area (Å²) in [7, 11) is 0. The van der Waals surface area contributed by atoms with E-state index < -0.39 is 0 Å². The first-order chi connectivity index (χ1) is 16.5. The molecule has 0 radical (unpaired) electrons. The SMILES string of the molecule is Cl.O=C1CCC2=CN=C(CNC3CCN(CC4Cc5c(F)ccc6ncc(=O)n4c56)CC3)NC2=N1. The second-order valence-corrected chi connectivity index (χ2v) is 9.38. The molecule has 1 aromatic heterocycles. The summed E-state index contributed by atoms with van der Waals surface area (Å²) >= 11 is 0. The van der Waals surface area contributed by atoms with Crippen molar-refractivity contribution < 1.29 is 9.18 Å². The van der Waals surface area contributed by atoms with Gasteiger partial charge in [0.15, 0.2) is 0 Å². The molecule has 1 saturated heterocycles. The molecule has 2 aromatic rings. The van der Waals surface area contributed by atoms with Crippen LogP contribution in [0.15, 0.2) is 44.9 Å². The summed E-state index contributed by atoms with van der Waals surface area (Å²) in [4.78, 5) is 39.2. The van der Waals surface area contributed by atoms with E-state index in [1.165, 1.54) is 12.3 Å². The number of amides is 1. The normalized spacial score (nSPS) is 22.1. The Bertz CT molecular complexity index is 1330. The molecule has 6 rings (SSSR count). The fourth-order valence-electron chi connectivity index (χ4n) is 5.42. The number of amidine groups is 2. The van der Waals surface area contributed by atoms with Gasteiger partial charge in [0, 0.05) is 36.3 Å². The lowest BCUT2D eigenvalue weighted by molar-refractivity contribution is -0.117. The van der Waals surface area contributed by atoms with Crippen LogP contribution in [0, 0.1) is 5.82 Å². The predicted molar refractivity (Wildman–Crippen MR) is 134 cm³/mol. The van der Waals surface area contributed by atoms with Gasteiger partial charge in [-0.2, -0.15) is 4.99 Å². The standard InChI is InChI=1S/C24H26FN7O2.ClH/c25-18-2-3-19-23-17(18)9-16(32(23)22(34)12-27-19)13-31-7-5-15(6-8-31)26-11-20-28-10-14-1-4-21(33)30-24(14)29-20;/h2-3,10,12,15-16,26H,1,4-9,11,13H2,(H,28,29,30,33);1H. The van der Waals surface area contributed by atoms with Crippen molar-refractivity contribution >= 4 is 41.0 Å². The number of carbonyl (C=O) groups excluding carboxylic acids is 1. The number of nitrogens with one attached hydrogen (secondary N) is 2. The lowest BCUT2D eigenvalue weighted by Gasteiger charge is -2.34. The van der Waals surface area contributed by atoms with Crippen molar-refractivity contribution in [2.45, 2.75) is 44.2 Å². The molecule has 5 heterocycles. The summed E-state index contributed by atoms with van der Waals surface area (Å²) in [5.74, 6) is 1.05. The van der Waals surface area contributed by atoms with Crippen LogP contribution in [0.25, 0.3) is 11.0 Å². The molecule has 11 heteroatoms. The minimum absolute atomic E-state index is 0. The number of carbonyl (C=O) groups is 1. The third-order valence-electron chi connectivity index (χ3n) is 7.20. The Kier molecular flexibility index (Phi) is 6.52. The highest BCUT2D eigenvalue weighted by atomic mass is 35.5. The molecule has 1 unspecified atom stereocenters. The summed E-state index contributed by atoms with van der Waals surface area (Å²) in [6.45, 7) is 3.11. The molecular formula is C24H27ClFN7O2. The zero-order chi connectivity index (χ0) is 23.2. The van der Waals surface area contributed by atoms with Gasteiger partial charge in [0.25, 0.3) is 5.56 Å². The largest absolute Gasteiger partial charge is 0.327 e. The quantitative estimate of drug-likeness (QED) is 0.649. The Balaban J connectivity index is 0.00000253. The number of likely N-dealkylation sites (tertiary alicyclic amines) is 1. The van der Waals surface area contributed by atoms with Crippen molar-refractivity contribution in [1.29, 1.82) is 0 Å². The first-order valence-corrected chi connectivity index (χ1v) is 11.8. The minimum Gasteiger partial charge on any atom is -0.327 e.